The summed E-state index contributed by atoms with van der Waals surface area (Å²) in [5.41, 5.74) is 0. The van der Waals surface area contributed by atoms with Crippen LogP contribution in [0.2, 0.25) is 78.6 Å². The van der Waals surface area contributed by atoms with Crippen LogP contribution in [0.25, 0.3) is 19.9 Å². The predicted octanol–water partition coefficient (Wildman–Crippen LogP) is 7.30. The van der Waals surface area contributed by atoms with Crippen LogP contribution in [0.3, 0.4) is 0 Å². The van der Waals surface area contributed by atoms with Gasteiger partial charge in [-0.1, -0.05) is 112 Å². The first-order chi connectivity index (χ1) is 10.2. The summed E-state index contributed by atoms with van der Waals surface area (Å²) in [6, 6.07) is 0. The van der Waals surface area contributed by atoms with E-state index < -0.39 is 32.9 Å². The first-order valence-corrected chi connectivity index (χ1v) is 22.5. The average molecular weight is 587 g/mol. The van der Waals surface area contributed by atoms with Gasteiger partial charge in [-0.25, -0.2) is 0 Å². The third kappa shape index (κ3) is 77.1. The molecule has 0 rings (SSSR count). The molecule has 0 saturated heterocycles. The topological polar surface area (TPSA) is 56.4 Å². The summed E-state index contributed by atoms with van der Waals surface area (Å²) in [4.78, 5) is 0. The van der Waals surface area contributed by atoms with Crippen molar-refractivity contribution in [2.75, 3.05) is 28.2 Å². The zero-order valence-electron chi connectivity index (χ0n) is 20.3. The van der Waals surface area contributed by atoms with Gasteiger partial charge in [0.1, 0.15) is 0 Å². The maximum atomic E-state index is 4.82. The summed E-state index contributed by atoms with van der Waals surface area (Å²) >= 11 is 0. The molecule has 0 saturated carbocycles. The molecule has 152 valence electrons. The van der Waals surface area contributed by atoms with E-state index in [-0.39, 0.29) is 25.8 Å². The van der Waals surface area contributed by atoms with E-state index in [1.807, 2.05) is 0 Å². The molecule has 0 radical (unpaired) electrons. The Kier molecular flexibility index (Phi) is 26.4. The van der Waals surface area contributed by atoms with Crippen molar-refractivity contribution >= 4 is 32.9 Å². The van der Waals surface area contributed by atoms with Crippen molar-refractivity contribution in [3.8, 4) is 0 Å². The summed E-state index contributed by atoms with van der Waals surface area (Å²) in [6.45, 7) is 27.6. The van der Waals surface area contributed by atoms with Crippen LogP contribution in [0.4, 0.5) is 0 Å². The third-order valence-electron chi connectivity index (χ3n) is 1.34. The number of hydrogen-bond acceptors (Lipinski definition) is 0. The van der Waals surface area contributed by atoms with Crippen LogP contribution in [0.5, 0.6) is 0 Å². The van der Waals surface area contributed by atoms with Crippen molar-refractivity contribution in [2.45, 2.75) is 78.6 Å². The largest absolute Gasteiger partial charge is 4.00 e. The molecule has 0 aromatic carbocycles. The van der Waals surface area contributed by atoms with E-state index in [0.717, 1.165) is 0 Å². The molecule has 0 aromatic heterocycles. The normalized spacial score (nSPS) is 11.5. The Morgan fingerprint density at radius 1 is 0.360 bits per heavy atom. The number of rotatable bonds is 4. The molecule has 25 heavy (non-hydrogen) atoms. The van der Waals surface area contributed by atoms with Gasteiger partial charge in [-0.05, 0) is 0 Å². The first-order valence-electron chi connectivity index (χ1n) is 8.68. The van der Waals surface area contributed by atoms with Crippen LogP contribution in [0.15, 0.2) is 0 Å². The molecule has 0 bridgehead atoms. The minimum absolute atomic E-state index is 0. The Bertz CT molecular complexity index is 215. The predicted molar refractivity (Wildman–Crippen MR) is 131 cm³/mol. The van der Waals surface area contributed by atoms with Gasteiger partial charge in [0, 0.05) is 0 Å². The fraction of sp³-hybridized carbons (Fsp3) is 1.00. The molecule has 0 aliphatic carbocycles. The van der Waals surface area contributed by atoms with Crippen molar-refractivity contribution in [3.05, 3.63) is 19.9 Å². The molecule has 0 atom stereocenters. The fourth-order valence-corrected chi connectivity index (χ4v) is 18.1. The van der Waals surface area contributed by atoms with E-state index in [4.69, 9.17) is 9.30 Å². The summed E-state index contributed by atoms with van der Waals surface area (Å²) < 4.78 is 9.64. The Balaban J connectivity index is -0.0000000788. The van der Waals surface area contributed by atoms with Gasteiger partial charge in [-0.3, -0.25) is 0 Å². The molecule has 9 heteroatoms. The van der Waals surface area contributed by atoms with Crippen molar-refractivity contribution in [2.24, 2.45) is 0 Å². The summed E-state index contributed by atoms with van der Waals surface area (Å²) in [5.74, 6) is 0. The van der Waals surface area contributed by atoms with Gasteiger partial charge in [0.2, 0.25) is 0 Å². The quantitative estimate of drug-likeness (QED) is 0.310. The van der Waals surface area contributed by atoms with E-state index in [1.165, 1.54) is 0 Å². The van der Waals surface area contributed by atoms with Crippen molar-refractivity contribution in [1.29, 1.82) is 0 Å². The minimum atomic E-state index is -1.11. The second kappa shape index (κ2) is 17.7. The fourth-order valence-electron chi connectivity index (χ4n) is 2.01. The molecule has 0 aliphatic heterocycles. The average Bonchev–Trinajstić information content (AvgIpc) is 2.06. The van der Waals surface area contributed by atoms with Gasteiger partial charge < -0.3 is 19.9 Å². The summed E-state index contributed by atoms with van der Waals surface area (Å²) in [7, 11) is 2.58. The van der Waals surface area contributed by atoms with Gasteiger partial charge >= 0.3 is 25.8 Å². The van der Waals surface area contributed by atoms with Crippen LogP contribution in [0, 0.1) is 0 Å². The van der Waals surface area contributed by atoms with Crippen LogP contribution >= 0.6 is 0 Å². The van der Waals surface area contributed by atoms with Gasteiger partial charge in [-0.15, -0.1) is 0 Å². The SMILES string of the molecule is C[N-]C.C[N-]C.C[Si](C)(C)[N-][Si](C)(C)C.C[Si](C)(C)[N-][Si](C)(C)C.[Hf+4]. The second-order valence-electron chi connectivity index (χ2n) is 9.80. The van der Waals surface area contributed by atoms with E-state index in [1.54, 1.807) is 28.2 Å². The monoisotopic (exact) mass is 588 g/mol. The Hall–Kier alpha value is 1.58. The van der Waals surface area contributed by atoms with Crippen molar-refractivity contribution in [3.63, 3.8) is 0 Å². The van der Waals surface area contributed by atoms with E-state index in [9.17, 15) is 0 Å². The molecule has 0 spiro atoms. The Morgan fingerprint density at radius 2 is 0.440 bits per heavy atom. The van der Waals surface area contributed by atoms with Gasteiger partial charge in [0.05, 0.1) is 0 Å². The molecule has 0 amide bonds. The van der Waals surface area contributed by atoms with Crippen LogP contribution in [-0.2, 0) is 25.8 Å². The third-order valence-corrected chi connectivity index (χ3v) is 12.1. The molecule has 0 unspecified atom stereocenters. The van der Waals surface area contributed by atoms with Gasteiger partial charge in [-0.2, -0.15) is 28.2 Å². The molecule has 0 N–H and O–H groups in total. The Labute approximate surface area is 184 Å². The second-order valence-corrected chi connectivity index (χ2v) is 29.0. The minimum Gasteiger partial charge on any atom is -0.668 e. The number of nitrogens with zero attached hydrogens (tertiary/aromatic N) is 4. The molecule has 0 heterocycles. The molecule has 4 nitrogen and oxygen atoms in total. The zero-order chi connectivity index (χ0) is 20.8. The van der Waals surface area contributed by atoms with Crippen molar-refractivity contribution < 1.29 is 25.8 Å². The van der Waals surface area contributed by atoms with E-state index in [0.29, 0.717) is 0 Å². The maximum Gasteiger partial charge on any atom is 4.00 e. The molecule has 0 aromatic rings. The van der Waals surface area contributed by atoms with Gasteiger partial charge in [0.15, 0.2) is 0 Å². The van der Waals surface area contributed by atoms with Crippen LogP contribution in [0.1, 0.15) is 0 Å². The zero-order valence-corrected chi connectivity index (χ0v) is 27.9. The molecular formula is C16H48HfN4Si4. The van der Waals surface area contributed by atoms with Gasteiger partial charge in [0.25, 0.3) is 0 Å². The first kappa shape index (κ1) is 37.3. The van der Waals surface area contributed by atoms with Crippen LogP contribution < -0.4 is 0 Å². The van der Waals surface area contributed by atoms with E-state index >= 15 is 0 Å². The maximum absolute atomic E-state index is 4.82. The van der Waals surface area contributed by atoms with Crippen LogP contribution in [-0.4, -0.2) is 61.1 Å². The molecular weight excluding hydrogens is 539 g/mol. The molecule has 0 fully saturated rings. The smallest absolute Gasteiger partial charge is 0.668 e. The number of hydrogen-bond donors (Lipinski definition) is 0. The Morgan fingerprint density at radius 3 is 0.440 bits per heavy atom. The summed E-state index contributed by atoms with van der Waals surface area (Å²) in [5, 5.41) is 7.00. The van der Waals surface area contributed by atoms with Crippen molar-refractivity contribution in [1.82, 2.24) is 0 Å². The molecule has 0 aliphatic rings. The summed E-state index contributed by atoms with van der Waals surface area (Å²) in [6.07, 6.45) is 0. The standard InChI is InChI=1S/2C6H18NSi2.2C2H6N.Hf/c2*1-8(2,3)7-9(4,5)6;2*1-3-2;/h2*1-6H3;2*1-2H3;/q4*-1;+4. The van der Waals surface area contributed by atoms with E-state index in [2.05, 4.69) is 89.2 Å².